The number of hydrogen-bond acceptors (Lipinski definition) is 5. The molecule has 0 aromatic heterocycles. The van der Waals surface area contributed by atoms with Crippen molar-refractivity contribution in [3.8, 4) is 0 Å². The van der Waals surface area contributed by atoms with Gasteiger partial charge < -0.3 is 20.0 Å². The van der Waals surface area contributed by atoms with Crippen molar-refractivity contribution < 1.29 is 24.6 Å². The minimum atomic E-state index is -2.15. The molecule has 0 spiro atoms. The van der Waals surface area contributed by atoms with Gasteiger partial charge in [0.1, 0.15) is 5.78 Å². The van der Waals surface area contributed by atoms with Crippen LogP contribution in [0.2, 0.25) is 10.0 Å². The molecular weight excluding hydrogens is 611 g/mol. The van der Waals surface area contributed by atoms with Crippen molar-refractivity contribution in [1.82, 2.24) is 0 Å². The van der Waals surface area contributed by atoms with E-state index in [4.69, 9.17) is 23.2 Å². The Morgan fingerprint density at radius 1 is 0.600 bits per heavy atom. The molecule has 228 valence electrons. The molecule has 45 heavy (non-hydrogen) atoms. The van der Waals surface area contributed by atoms with E-state index in [0.29, 0.717) is 39.0 Å². The first-order chi connectivity index (χ1) is 21.6. The van der Waals surface area contributed by atoms with Gasteiger partial charge in [-0.25, -0.2) is 0 Å². The quantitative estimate of drug-likeness (QED) is 0.264. The first-order valence-electron chi connectivity index (χ1n) is 14.9. The fraction of sp³-hybridized carbons (Fsp3) is 0.250. The highest BCUT2D eigenvalue weighted by molar-refractivity contribution is 6.30. The molecule has 0 radical (unpaired) electrons. The van der Waals surface area contributed by atoms with Gasteiger partial charge in [0.25, 0.3) is 11.8 Å². The third-order valence-corrected chi connectivity index (χ3v) is 10.0. The molecule has 1 saturated carbocycles. The summed E-state index contributed by atoms with van der Waals surface area (Å²) in [7, 11) is 0. The molecule has 0 unspecified atom stereocenters. The molecule has 4 atom stereocenters. The molecule has 1 fully saturated rings. The van der Waals surface area contributed by atoms with Crippen LogP contribution in [0.3, 0.4) is 0 Å². The molecule has 2 aliphatic heterocycles. The Balaban J connectivity index is 1.24. The van der Waals surface area contributed by atoms with Gasteiger partial charge in [0, 0.05) is 21.2 Å². The summed E-state index contributed by atoms with van der Waals surface area (Å²) in [5.74, 6) is -4.03. The van der Waals surface area contributed by atoms with Gasteiger partial charge in [-0.1, -0.05) is 90.3 Å². The number of aliphatic hydroxyl groups is 2. The minimum Gasteiger partial charge on any atom is -0.375 e. The normalized spacial score (nSPS) is 25.9. The zero-order valence-electron chi connectivity index (χ0n) is 24.2. The third kappa shape index (κ3) is 4.60. The Morgan fingerprint density at radius 2 is 0.978 bits per heavy atom. The predicted molar refractivity (Wildman–Crippen MR) is 172 cm³/mol. The largest absolute Gasteiger partial charge is 0.375 e. The molecule has 4 aromatic carbocycles. The second-order valence-corrected chi connectivity index (χ2v) is 12.9. The standard InChI is InChI=1S/C36H30Cl2N2O5/c37-24-16-12-22(13-17-24)20-39-30-10-3-1-6-26(30)35(44,33(39)42)28-8-5-9-29(32(28)41)36(45)27-7-2-4-11-31(27)40(34(36)43)21-23-14-18-25(38)19-15-23/h1-4,6-7,10-19,28-29,44-45H,5,8-9,20-21H2/t28-,29-,35+,36+/m1/s1. The molecule has 0 saturated heterocycles. The second kappa shape index (κ2) is 11.1. The highest BCUT2D eigenvalue weighted by Gasteiger charge is 2.63. The number of amides is 2. The van der Waals surface area contributed by atoms with Crippen molar-refractivity contribution in [2.75, 3.05) is 9.80 Å². The van der Waals surface area contributed by atoms with Gasteiger partial charge in [-0.2, -0.15) is 0 Å². The van der Waals surface area contributed by atoms with Crippen LogP contribution < -0.4 is 9.80 Å². The molecule has 2 heterocycles. The van der Waals surface area contributed by atoms with Crippen molar-refractivity contribution in [1.29, 1.82) is 0 Å². The molecule has 0 bridgehead atoms. The molecule has 4 aromatic rings. The number of hydrogen-bond donors (Lipinski definition) is 2. The van der Waals surface area contributed by atoms with Crippen LogP contribution >= 0.6 is 23.2 Å². The number of para-hydroxylation sites is 2. The first-order valence-corrected chi connectivity index (χ1v) is 15.7. The zero-order chi connectivity index (χ0) is 31.5. The fourth-order valence-corrected chi connectivity index (χ4v) is 7.59. The van der Waals surface area contributed by atoms with E-state index >= 15 is 0 Å². The van der Waals surface area contributed by atoms with E-state index in [1.807, 2.05) is 24.3 Å². The van der Waals surface area contributed by atoms with E-state index in [1.54, 1.807) is 72.8 Å². The summed E-state index contributed by atoms with van der Waals surface area (Å²) in [5, 5.41) is 25.8. The van der Waals surface area contributed by atoms with E-state index in [2.05, 4.69) is 0 Å². The number of nitrogens with zero attached hydrogens (tertiary/aromatic N) is 2. The number of fused-ring (bicyclic) bond motifs is 2. The summed E-state index contributed by atoms with van der Waals surface area (Å²) in [4.78, 5) is 45.9. The maximum atomic E-state index is 14.5. The van der Waals surface area contributed by atoms with E-state index in [-0.39, 0.29) is 25.9 Å². The Bertz CT molecular complexity index is 1700. The predicted octanol–water partition coefficient (Wildman–Crippen LogP) is 6.15. The Morgan fingerprint density at radius 3 is 1.38 bits per heavy atom. The van der Waals surface area contributed by atoms with Gasteiger partial charge in [0.15, 0.2) is 11.2 Å². The van der Waals surface area contributed by atoms with Crippen LogP contribution in [-0.4, -0.2) is 27.8 Å². The monoisotopic (exact) mass is 640 g/mol. The van der Waals surface area contributed by atoms with E-state index in [0.717, 1.165) is 11.1 Å². The van der Waals surface area contributed by atoms with E-state index in [1.165, 1.54) is 9.80 Å². The average molecular weight is 642 g/mol. The van der Waals surface area contributed by atoms with Gasteiger partial charge in [0.05, 0.1) is 36.3 Å². The number of halogens is 2. The summed E-state index contributed by atoms with van der Waals surface area (Å²) < 4.78 is 0. The summed E-state index contributed by atoms with van der Waals surface area (Å²) >= 11 is 12.1. The van der Waals surface area contributed by atoms with Crippen LogP contribution in [0, 0.1) is 11.8 Å². The molecular formula is C36H30Cl2N2O5. The van der Waals surface area contributed by atoms with Crippen molar-refractivity contribution in [2.45, 2.75) is 43.6 Å². The van der Waals surface area contributed by atoms with Crippen LogP contribution in [0.4, 0.5) is 11.4 Å². The molecule has 2 amide bonds. The Hall–Kier alpha value is -4.01. The summed E-state index contributed by atoms with van der Waals surface area (Å²) in [6.07, 6.45) is 0.910. The molecule has 7 nitrogen and oxygen atoms in total. The van der Waals surface area contributed by atoms with Crippen molar-refractivity contribution in [3.63, 3.8) is 0 Å². The number of ketones is 1. The van der Waals surface area contributed by atoms with Crippen molar-refractivity contribution in [3.05, 3.63) is 129 Å². The lowest BCUT2D eigenvalue weighted by Crippen LogP contribution is -2.56. The van der Waals surface area contributed by atoms with E-state index < -0.39 is 40.6 Å². The molecule has 7 rings (SSSR count). The number of Topliss-reactive ketones (excluding diaryl/α,β-unsaturated/α-hetero) is 1. The molecule has 1 aliphatic carbocycles. The van der Waals surface area contributed by atoms with Crippen LogP contribution in [0.15, 0.2) is 97.1 Å². The summed E-state index contributed by atoms with van der Waals surface area (Å²) in [5.41, 5.74) is -0.964. The van der Waals surface area contributed by atoms with Crippen LogP contribution in [-0.2, 0) is 38.7 Å². The Kier molecular flexibility index (Phi) is 7.33. The summed E-state index contributed by atoms with van der Waals surface area (Å²) in [6, 6.07) is 28.1. The average Bonchev–Trinajstić information content (AvgIpc) is 3.40. The highest BCUT2D eigenvalue weighted by atomic mass is 35.5. The third-order valence-electron chi connectivity index (χ3n) is 9.54. The SMILES string of the molecule is O=C1[C@H]([C@]2(O)C(=O)N(Cc3ccc(Cl)cc3)c3ccccc32)CCC[C@H]1[C@]1(O)C(=O)N(Cc2ccc(Cl)cc2)c2ccccc21. The topological polar surface area (TPSA) is 98.1 Å². The smallest absolute Gasteiger partial charge is 0.264 e. The number of anilines is 2. The molecule has 2 N–H and O–H groups in total. The lowest BCUT2D eigenvalue weighted by molar-refractivity contribution is -0.165. The summed E-state index contributed by atoms with van der Waals surface area (Å²) in [6.45, 7) is 0.351. The molecule has 3 aliphatic rings. The zero-order valence-corrected chi connectivity index (χ0v) is 25.7. The van der Waals surface area contributed by atoms with Gasteiger partial charge in [0.2, 0.25) is 0 Å². The fourth-order valence-electron chi connectivity index (χ4n) is 7.34. The Labute approximate surface area is 270 Å². The van der Waals surface area contributed by atoms with E-state index in [9.17, 15) is 24.6 Å². The maximum absolute atomic E-state index is 14.5. The van der Waals surface area contributed by atoms with Crippen LogP contribution in [0.1, 0.15) is 41.5 Å². The van der Waals surface area contributed by atoms with Crippen LogP contribution in [0.5, 0.6) is 0 Å². The number of carbonyl (C=O) groups excluding carboxylic acids is 3. The maximum Gasteiger partial charge on any atom is 0.264 e. The lowest BCUT2D eigenvalue weighted by Gasteiger charge is -2.41. The lowest BCUT2D eigenvalue weighted by atomic mass is 9.64. The van der Waals surface area contributed by atoms with Crippen LogP contribution in [0.25, 0.3) is 0 Å². The molecule has 9 heteroatoms. The van der Waals surface area contributed by atoms with Gasteiger partial charge in [-0.3, -0.25) is 14.4 Å². The van der Waals surface area contributed by atoms with Crippen molar-refractivity contribution in [2.24, 2.45) is 11.8 Å². The minimum absolute atomic E-state index is 0.176. The van der Waals surface area contributed by atoms with Gasteiger partial charge in [-0.15, -0.1) is 0 Å². The highest BCUT2D eigenvalue weighted by Crippen LogP contribution is 2.54. The first kappa shape index (κ1) is 29.7. The number of rotatable bonds is 6. The van der Waals surface area contributed by atoms with Crippen molar-refractivity contribution >= 4 is 52.2 Å². The van der Waals surface area contributed by atoms with Gasteiger partial charge >= 0.3 is 0 Å². The second-order valence-electron chi connectivity index (χ2n) is 12.0. The number of benzene rings is 4. The van der Waals surface area contributed by atoms with Gasteiger partial charge in [-0.05, 0) is 60.4 Å². The number of carbonyl (C=O) groups is 3.